The minimum atomic E-state index is 0.186. The number of hydrogen-bond acceptors (Lipinski definition) is 2. The average Bonchev–Trinajstić information content (AvgIpc) is 2.19. The molecule has 0 aliphatic heterocycles. The van der Waals surface area contributed by atoms with Gasteiger partial charge in [-0.05, 0) is 39.4 Å². The lowest BCUT2D eigenvalue weighted by atomic mass is 10.1. The number of benzene rings is 1. The number of nitrogens with one attached hydrogen (secondary N) is 1. The SMILES string of the molecule is CN(CCNC(C)(C)C)Cc1ccccc1Cl. The van der Waals surface area contributed by atoms with E-state index in [1.54, 1.807) is 0 Å². The van der Waals surface area contributed by atoms with Crippen LogP contribution in [0.4, 0.5) is 0 Å². The summed E-state index contributed by atoms with van der Waals surface area (Å²) in [5, 5.41) is 4.33. The Balaban J connectivity index is 2.35. The summed E-state index contributed by atoms with van der Waals surface area (Å²) in [5.41, 5.74) is 1.37. The maximum absolute atomic E-state index is 6.13. The first kappa shape index (κ1) is 14.5. The Labute approximate surface area is 110 Å². The molecule has 0 saturated heterocycles. The molecule has 0 spiro atoms. The molecule has 1 rings (SSSR count). The predicted molar refractivity (Wildman–Crippen MR) is 75.5 cm³/mol. The van der Waals surface area contributed by atoms with Gasteiger partial charge in [0.2, 0.25) is 0 Å². The number of nitrogens with zero attached hydrogens (tertiary/aromatic N) is 1. The summed E-state index contributed by atoms with van der Waals surface area (Å²) in [7, 11) is 2.12. The van der Waals surface area contributed by atoms with Gasteiger partial charge in [-0.25, -0.2) is 0 Å². The molecule has 1 N–H and O–H groups in total. The standard InChI is InChI=1S/C14H23ClN2/c1-14(2,3)16-9-10-17(4)11-12-7-5-6-8-13(12)15/h5-8,16H,9-11H2,1-4H3. The van der Waals surface area contributed by atoms with Gasteiger partial charge < -0.3 is 10.2 Å². The van der Waals surface area contributed by atoms with Gasteiger partial charge >= 0.3 is 0 Å². The quantitative estimate of drug-likeness (QED) is 0.869. The Bertz CT molecular complexity index is 344. The zero-order chi connectivity index (χ0) is 12.9. The fraction of sp³-hybridized carbons (Fsp3) is 0.571. The highest BCUT2D eigenvalue weighted by atomic mass is 35.5. The molecule has 0 unspecified atom stereocenters. The van der Waals surface area contributed by atoms with Crippen LogP contribution in [0.1, 0.15) is 26.3 Å². The molecule has 0 aliphatic rings. The van der Waals surface area contributed by atoms with Crippen LogP contribution in [0, 0.1) is 0 Å². The second-order valence-electron chi connectivity index (χ2n) is 5.51. The minimum absolute atomic E-state index is 0.186. The lowest BCUT2D eigenvalue weighted by molar-refractivity contribution is 0.303. The van der Waals surface area contributed by atoms with Gasteiger partial charge in [-0.1, -0.05) is 29.8 Å². The van der Waals surface area contributed by atoms with Crippen molar-refractivity contribution in [3.8, 4) is 0 Å². The van der Waals surface area contributed by atoms with Crippen LogP contribution in [-0.2, 0) is 6.54 Å². The maximum Gasteiger partial charge on any atom is 0.0451 e. The molecule has 3 heteroatoms. The van der Waals surface area contributed by atoms with Crippen molar-refractivity contribution in [3.05, 3.63) is 34.9 Å². The molecule has 2 nitrogen and oxygen atoms in total. The van der Waals surface area contributed by atoms with Gasteiger partial charge in [0.15, 0.2) is 0 Å². The van der Waals surface area contributed by atoms with E-state index in [1.165, 1.54) is 5.56 Å². The Morgan fingerprint density at radius 2 is 1.88 bits per heavy atom. The van der Waals surface area contributed by atoms with Crippen LogP contribution in [0.15, 0.2) is 24.3 Å². The lowest BCUT2D eigenvalue weighted by Gasteiger charge is -2.23. The van der Waals surface area contributed by atoms with E-state index in [1.807, 2.05) is 18.2 Å². The third-order valence-corrected chi connectivity index (χ3v) is 2.92. The van der Waals surface area contributed by atoms with Gasteiger partial charge in [0.05, 0.1) is 0 Å². The van der Waals surface area contributed by atoms with Crippen molar-refractivity contribution in [2.75, 3.05) is 20.1 Å². The van der Waals surface area contributed by atoms with Crippen molar-refractivity contribution >= 4 is 11.6 Å². The van der Waals surface area contributed by atoms with E-state index in [9.17, 15) is 0 Å². The first-order chi connectivity index (χ1) is 7.88. The molecule has 0 heterocycles. The molecule has 0 fully saturated rings. The fourth-order valence-electron chi connectivity index (χ4n) is 1.62. The van der Waals surface area contributed by atoms with Crippen LogP contribution in [0.5, 0.6) is 0 Å². The summed E-state index contributed by atoms with van der Waals surface area (Å²) in [4.78, 5) is 2.28. The van der Waals surface area contributed by atoms with Crippen molar-refractivity contribution in [3.63, 3.8) is 0 Å². The highest BCUT2D eigenvalue weighted by Crippen LogP contribution is 2.16. The van der Waals surface area contributed by atoms with Gasteiger partial charge in [-0.15, -0.1) is 0 Å². The van der Waals surface area contributed by atoms with Gasteiger partial charge in [-0.3, -0.25) is 0 Å². The van der Waals surface area contributed by atoms with Crippen LogP contribution >= 0.6 is 11.6 Å². The van der Waals surface area contributed by atoms with Crippen LogP contribution in [-0.4, -0.2) is 30.6 Å². The number of likely N-dealkylation sites (N-methyl/N-ethyl adjacent to an activating group) is 1. The summed E-state index contributed by atoms with van der Waals surface area (Å²) in [6, 6.07) is 8.02. The zero-order valence-corrected chi connectivity index (χ0v) is 12.0. The first-order valence-electron chi connectivity index (χ1n) is 6.05. The third-order valence-electron chi connectivity index (χ3n) is 2.55. The molecular weight excluding hydrogens is 232 g/mol. The monoisotopic (exact) mass is 254 g/mol. The van der Waals surface area contributed by atoms with Crippen LogP contribution in [0.3, 0.4) is 0 Å². The smallest absolute Gasteiger partial charge is 0.0451 e. The van der Waals surface area contributed by atoms with E-state index in [-0.39, 0.29) is 5.54 Å². The molecule has 0 bridgehead atoms. The first-order valence-corrected chi connectivity index (χ1v) is 6.43. The van der Waals surface area contributed by atoms with E-state index in [4.69, 9.17) is 11.6 Å². The number of hydrogen-bond donors (Lipinski definition) is 1. The van der Waals surface area contributed by atoms with E-state index in [0.717, 1.165) is 24.7 Å². The van der Waals surface area contributed by atoms with Crippen LogP contribution in [0.25, 0.3) is 0 Å². The molecule has 1 aromatic rings. The van der Waals surface area contributed by atoms with Gasteiger partial charge in [0.25, 0.3) is 0 Å². The molecule has 0 aliphatic carbocycles. The fourth-order valence-corrected chi connectivity index (χ4v) is 1.81. The maximum atomic E-state index is 6.13. The van der Waals surface area contributed by atoms with Crippen molar-refractivity contribution in [2.24, 2.45) is 0 Å². The molecule has 0 aromatic heterocycles. The molecule has 0 saturated carbocycles. The van der Waals surface area contributed by atoms with Crippen molar-refractivity contribution in [1.82, 2.24) is 10.2 Å². The average molecular weight is 255 g/mol. The summed E-state index contributed by atoms with van der Waals surface area (Å²) < 4.78 is 0. The van der Waals surface area contributed by atoms with Gasteiger partial charge in [0.1, 0.15) is 0 Å². The Morgan fingerprint density at radius 3 is 2.47 bits per heavy atom. The van der Waals surface area contributed by atoms with E-state index >= 15 is 0 Å². The summed E-state index contributed by atoms with van der Waals surface area (Å²) in [6.07, 6.45) is 0. The molecular formula is C14H23ClN2. The summed E-state index contributed by atoms with van der Waals surface area (Å²) in [5.74, 6) is 0. The predicted octanol–water partition coefficient (Wildman–Crippen LogP) is 3.16. The molecule has 0 radical (unpaired) electrons. The minimum Gasteiger partial charge on any atom is -0.311 e. The molecule has 96 valence electrons. The lowest BCUT2D eigenvalue weighted by Crippen LogP contribution is -2.40. The van der Waals surface area contributed by atoms with E-state index in [2.05, 4.69) is 44.1 Å². The Hall–Kier alpha value is -0.570. The van der Waals surface area contributed by atoms with Crippen molar-refractivity contribution in [1.29, 1.82) is 0 Å². The Kier molecular flexibility index (Phi) is 5.44. The summed E-state index contributed by atoms with van der Waals surface area (Å²) in [6.45, 7) is 9.45. The third kappa shape index (κ3) is 6.06. The highest BCUT2D eigenvalue weighted by Gasteiger charge is 2.09. The van der Waals surface area contributed by atoms with E-state index < -0.39 is 0 Å². The molecule has 17 heavy (non-hydrogen) atoms. The van der Waals surface area contributed by atoms with Crippen LogP contribution in [0.2, 0.25) is 5.02 Å². The highest BCUT2D eigenvalue weighted by molar-refractivity contribution is 6.31. The second-order valence-corrected chi connectivity index (χ2v) is 5.91. The van der Waals surface area contributed by atoms with Gasteiger partial charge in [-0.2, -0.15) is 0 Å². The number of rotatable bonds is 5. The largest absolute Gasteiger partial charge is 0.311 e. The molecule has 0 amide bonds. The second kappa shape index (κ2) is 6.39. The van der Waals surface area contributed by atoms with E-state index in [0.29, 0.717) is 0 Å². The van der Waals surface area contributed by atoms with Crippen molar-refractivity contribution < 1.29 is 0 Å². The number of halogens is 1. The van der Waals surface area contributed by atoms with Crippen molar-refractivity contribution in [2.45, 2.75) is 32.9 Å². The summed E-state index contributed by atoms with van der Waals surface area (Å²) >= 11 is 6.13. The van der Waals surface area contributed by atoms with Crippen LogP contribution < -0.4 is 5.32 Å². The van der Waals surface area contributed by atoms with Gasteiger partial charge in [0, 0.05) is 30.2 Å². The normalized spacial score (nSPS) is 12.1. The zero-order valence-electron chi connectivity index (χ0n) is 11.3. The molecule has 0 atom stereocenters. The Morgan fingerprint density at radius 1 is 1.24 bits per heavy atom. The topological polar surface area (TPSA) is 15.3 Å². The molecule has 1 aromatic carbocycles.